The molecule has 0 spiro atoms. The second-order valence-electron chi connectivity index (χ2n) is 13.4. The summed E-state index contributed by atoms with van der Waals surface area (Å²) < 4.78 is 44.1. The molecule has 0 radical (unpaired) electrons. The number of hydrogen-bond acceptors (Lipinski definition) is 9. The molecule has 6 aromatic rings. The monoisotopic (exact) mass is 693 g/mol. The lowest BCUT2D eigenvalue weighted by atomic mass is 9.91. The number of nitrogens with zero attached hydrogens (tertiary/aromatic N) is 5. The summed E-state index contributed by atoms with van der Waals surface area (Å²) in [5.41, 5.74) is 8.98. The highest BCUT2D eigenvalue weighted by Gasteiger charge is 2.31. The maximum absolute atomic E-state index is 13.5. The van der Waals surface area contributed by atoms with E-state index in [1.165, 1.54) is 18.9 Å². The van der Waals surface area contributed by atoms with Crippen LogP contribution in [0.4, 0.5) is 8.78 Å². The number of carboxylic acid groups (broad SMARTS) is 1. The van der Waals surface area contributed by atoms with Crippen molar-refractivity contribution in [3.63, 3.8) is 0 Å². The number of carboxylic acids is 1. The van der Waals surface area contributed by atoms with Crippen LogP contribution in [-0.4, -0.2) is 68.1 Å². The fraction of sp³-hybridized carbons (Fsp3) is 0.333. The molecule has 12 heteroatoms. The molecule has 0 aliphatic carbocycles. The third kappa shape index (κ3) is 6.45. The van der Waals surface area contributed by atoms with Crippen LogP contribution in [0.1, 0.15) is 47.9 Å². The van der Waals surface area contributed by atoms with Crippen molar-refractivity contribution in [3.05, 3.63) is 83.0 Å². The number of ether oxygens (including phenoxy) is 1. The quantitative estimate of drug-likeness (QED) is 0.150. The lowest BCUT2D eigenvalue weighted by Crippen LogP contribution is -2.35. The highest BCUT2D eigenvalue weighted by Crippen LogP contribution is 2.39. The first-order valence-corrected chi connectivity index (χ1v) is 17.2. The minimum absolute atomic E-state index is 0.0636. The number of halogens is 2. The topological polar surface area (TPSA) is 118 Å². The highest BCUT2D eigenvalue weighted by molar-refractivity contribution is 5.84. The molecule has 2 fully saturated rings. The number of likely N-dealkylation sites (tertiary alicyclic amines) is 2. The van der Waals surface area contributed by atoms with Crippen LogP contribution < -0.4 is 4.74 Å². The van der Waals surface area contributed by atoms with Crippen molar-refractivity contribution >= 4 is 28.3 Å². The molecule has 3 aromatic carbocycles. The third-order valence-corrected chi connectivity index (χ3v) is 10.1. The summed E-state index contributed by atoms with van der Waals surface area (Å²) in [6.07, 6.45) is 5.54. The summed E-state index contributed by atoms with van der Waals surface area (Å²) >= 11 is 0. The molecule has 0 amide bonds. The van der Waals surface area contributed by atoms with E-state index in [0.29, 0.717) is 48.0 Å². The number of rotatable bonds is 10. The maximum Gasteiger partial charge on any atom is 0.387 e. The largest absolute Gasteiger partial charge is 0.480 e. The summed E-state index contributed by atoms with van der Waals surface area (Å²) in [5.74, 6) is -0.161. The Hall–Kier alpha value is -5.20. The van der Waals surface area contributed by atoms with Gasteiger partial charge in [0, 0.05) is 42.0 Å². The van der Waals surface area contributed by atoms with Gasteiger partial charge in [-0.25, -0.2) is 15.0 Å². The van der Waals surface area contributed by atoms with Crippen molar-refractivity contribution in [2.24, 2.45) is 0 Å². The Balaban J connectivity index is 1.12. The van der Waals surface area contributed by atoms with Gasteiger partial charge in [-0.2, -0.15) is 8.78 Å². The highest BCUT2D eigenvalue weighted by atomic mass is 19.3. The second kappa shape index (κ2) is 13.5. The average molecular weight is 694 g/mol. The number of fused-ring (bicyclic) bond motifs is 2. The number of pyridine rings is 1. The first kappa shape index (κ1) is 33.0. The molecule has 2 saturated heterocycles. The zero-order valence-electron chi connectivity index (χ0n) is 28.4. The number of aromatic nitrogens is 3. The van der Waals surface area contributed by atoms with Crippen LogP contribution in [-0.2, 0) is 17.9 Å². The number of alkyl halides is 2. The number of hydrogen-bond donors (Lipinski definition) is 1. The van der Waals surface area contributed by atoms with E-state index in [1.807, 2.05) is 50.4 Å². The van der Waals surface area contributed by atoms with Gasteiger partial charge in [0.2, 0.25) is 17.5 Å². The van der Waals surface area contributed by atoms with Gasteiger partial charge in [-0.05, 0) is 111 Å². The van der Waals surface area contributed by atoms with E-state index in [9.17, 15) is 18.7 Å². The van der Waals surface area contributed by atoms with E-state index in [1.54, 1.807) is 11.0 Å². The summed E-state index contributed by atoms with van der Waals surface area (Å²) in [6, 6.07) is 16.3. The van der Waals surface area contributed by atoms with E-state index in [4.69, 9.17) is 23.5 Å². The van der Waals surface area contributed by atoms with Gasteiger partial charge in [0.25, 0.3) is 0 Å². The van der Waals surface area contributed by atoms with Crippen LogP contribution in [0.2, 0.25) is 0 Å². The maximum atomic E-state index is 13.5. The molecule has 262 valence electrons. The van der Waals surface area contributed by atoms with E-state index >= 15 is 0 Å². The first-order chi connectivity index (χ1) is 24.7. The smallest absolute Gasteiger partial charge is 0.387 e. The van der Waals surface area contributed by atoms with E-state index < -0.39 is 18.6 Å². The fourth-order valence-electron chi connectivity index (χ4n) is 7.54. The number of aliphatic carboxylic acids is 1. The Morgan fingerprint density at radius 1 is 0.882 bits per heavy atom. The molecule has 3 aromatic heterocycles. The summed E-state index contributed by atoms with van der Waals surface area (Å²) in [6.45, 7) is 4.72. The molecule has 2 aliphatic rings. The summed E-state index contributed by atoms with van der Waals surface area (Å²) in [7, 11) is 0. The molecule has 0 bridgehead atoms. The predicted molar refractivity (Wildman–Crippen MR) is 187 cm³/mol. The molecular formula is C39H37F2N5O5. The van der Waals surface area contributed by atoms with Crippen LogP contribution in [0, 0.1) is 13.8 Å². The molecule has 0 unspecified atom stereocenters. The lowest BCUT2D eigenvalue weighted by molar-refractivity contribution is -0.142. The molecule has 2 aliphatic heterocycles. The van der Waals surface area contributed by atoms with Gasteiger partial charge in [-0.3, -0.25) is 14.6 Å². The number of benzene rings is 3. The van der Waals surface area contributed by atoms with E-state index in [0.717, 1.165) is 64.1 Å². The Morgan fingerprint density at radius 3 is 2.24 bits per heavy atom. The van der Waals surface area contributed by atoms with Crippen molar-refractivity contribution in [3.8, 4) is 39.8 Å². The molecule has 0 saturated carbocycles. The van der Waals surface area contributed by atoms with Crippen molar-refractivity contribution in [1.82, 2.24) is 24.8 Å². The number of carbonyl (C=O) groups is 1. The van der Waals surface area contributed by atoms with Crippen LogP contribution in [0.15, 0.2) is 69.6 Å². The molecule has 5 heterocycles. The predicted octanol–water partition coefficient (Wildman–Crippen LogP) is 8.23. The molecular weight excluding hydrogens is 656 g/mol. The van der Waals surface area contributed by atoms with Crippen LogP contribution in [0.25, 0.3) is 56.4 Å². The summed E-state index contributed by atoms with van der Waals surface area (Å²) in [5, 5.41) is 9.65. The van der Waals surface area contributed by atoms with E-state index in [-0.39, 0.29) is 17.9 Å². The molecule has 1 N–H and O–H groups in total. The van der Waals surface area contributed by atoms with Crippen molar-refractivity contribution in [2.45, 2.75) is 65.3 Å². The first-order valence-electron chi connectivity index (χ1n) is 17.2. The Morgan fingerprint density at radius 2 is 1.55 bits per heavy atom. The van der Waals surface area contributed by atoms with Crippen molar-refractivity contribution < 1.29 is 32.3 Å². The Kier molecular flexibility index (Phi) is 8.73. The van der Waals surface area contributed by atoms with Gasteiger partial charge in [-0.1, -0.05) is 24.3 Å². The van der Waals surface area contributed by atoms with Crippen molar-refractivity contribution in [1.29, 1.82) is 0 Å². The van der Waals surface area contributed by atoms with Crippen molar-refractivity contribution in [2.75, 3.05) is 19.6 Å². The van der Waals surface area contributed by atoms with Crippen LogP contribution >= 0.6 is 0 Å². The Labute approximate surface area is 292 Å². The van der Waals surface area contributed by atoms with Gasteiger partial charge >= 0.3 is 12.6 Å². The zero-order valence-corrected chi connectivity index (χ0v) is 28.4. The number of oxazole rings is 2. The Bertz CT molecular complexity index is 2260. The average Bonchev–Trinajstić information content (AvgIpc) is 3.92. The van der Waals surface area contributed by atoms with Gasteiger partial charge in [0.05, 0.1) is 0 Å². The third-order valence-electron chi connectivity index (χ3n) is 10.1. The molecule has 51 heavy (non-hydrogen) atoms. The van der Waals surface area contributed by atoms with Gasteiger partial charge < -0.3 is 18.7 Å². The zero-order chi connectivity index (χ0) is 35.2. The minimum Gasteiger partial charge on any atom is -0.480 e. The van der Waals surface area contributed by atoms with Crippen LogP contribution in [0.5, 0.6) is 5.75 Å². The lowest BCUT2D eigenvalue weighted by Gasteiger charge is -2.22. The van der Waals surface area contributed by atoms with Gasteiger partial charge in [0.1, 0.15) is 22.8 Å². The van der Waals surface area contributed by atoms with Gasteiger partial charge in [-0.15, -0.1) is 0 Å². The minimum atomic E-state index is -3.06. The molecule has 10 nitrogen and oxygen atoms in total. The van der Waals surface area contributed by atoms with Gasteiger partial charge in [0.15, 0.2) is 5.58 Å². The SMILES string of the molecule is Cc1c(-c2nc3cc(CN4CCC[C@H]4C(=O)O)c(OC(F)F)cc3o2)cccc1-c1cccc(-c2nc3cc(CN4CCCC4)cnc3o2)c1C. The fourth-order valence-corrected chi connectivity index (χ4v) is 7.54. The van der Waals surface area contributed by atoms with E-state index in [2.05, 4.69) is 22.0 Å². The normalized spacial score (nSPS) is 17.0. The standard InChI is InChI=1S/C39H37F2N5O5/c1-22-26(27-9-6-11-29(23(27)2)36-44-31-16-24(19-42-37(31)51-36)20-45-13-3-4-14-45)8-5-10-28(22)35-43-30-17-25(21-46-15-7-12-32(46)38(47)48)33(50-39(40)41)18-34(30)49-35/h5-6,8-11,16-19,32,39H,3-4,7,12-15,20-21H2,1-2H3,(H,47,48)/t32-/m0/s1. The summed E-state index contributed by atoms with van der Waals surface area (Å²) in [4.78, 5) is 30.1. The molecule has 8 rings (SSSR count). The van der Waals surface area contributed by atoms with Crippen LogP contribution in [0.3, 0.4) is 0 Å². The second-order valence-corrected chi connectivity index (χ2v) is 13.4. The molecule has 1 atom stereocenters.